The Labute approximate surface area is 136 Å². The van der Waals surface area contributed by atoms with E-state index in [0.717, 1.165) is 18.5 Å². The highest BCUT2D eigenvalue weighted by atomic mass is 16.2. The van der Waals surface area contributed by atoms with Crippen molar-refractivity contribution in [1.82, 2.24) is 30.8 Å². The van der Waals surface area contributed by atoms with Crippen molar-refractivity contribution >= 4 is 6.03 Å². The van der Waals surface area contributed by atoms with Crippen molar-refractivity contribution in [2.24, 2.45) is 0 Å². The predicted molar refractivity (Wildman–Crippen MR) is 88.2 cm³/mol. The summed E-state index contributed by atoms with van der Waals surface area (Å²) in [5.74, 6) is 0.584. The van der Waals surface area contributed by atoms with Crippen LogP contribution in [-0.4, -0.2) is 31.8 Å². The molecule has 124 valence electrons. The number of aromatic nitrogens is 4. The molecule has 1 heterocycles. The molecule has 0 radical (unpaired) electrons. The molecule has 23 heavy (non-hydrogen) atoms. The Morgan fingerprint density at radius 2 is 1.91 bits per heavy atom. The zero-order valence-corrected chi connectivity index (χ0v) is 14.1. The molecule has 2 aromatic rings. The zero-order valence-electron chi connectivity index (χ0n) is 14.1. The van der Waals surface area contributed by atoms with Gasteiger partial charge in [0.2, 0.25) is 0 Å². The molecule has 0 aliphatic carbocycles. The lowest BCUT2D eigenvalue weighted by Gasteiger charge is -2.29. The molecule has 2 rings (SSSR count). The molecular weight excluding hydrogens is 292 g/mol. The van der Waals surface area contributed by atoms with Crippen molar-refractivity contribution < 1.29 is 4.79 Å². The first kappa shape index (κ1) is 16.9. The van der Waals surface area contributed by atoms with Crippen LogP contribution in [0, 0.1) is 0 Å². The lowest BCUT2D eigenvalue weighted by atomic mass is 9.96. The Kier molecular flexibility index (Phi) is 5.31. The SMILES string of the molecule is CCC(C)(CC)NC(=O)N[C@@H](C)c1nnnn1-c1ccccc1. The van der Waals surface area contributed by atoms with E-state index in [1.807, 2.05) is 44.2 Å². The molecule has 7 heteroatoms. The van der Waals surface area contributed by atoms with Gasteiger partial charge in [0.1, 0.15) is 0 Å². The van der Waals surface area contributed by atoms with Crippen molar-refractivity contribution in [2.45, 2.75) is 52.1 Å². The van der Waals surface area contributed by atoms with Gasteiger partial charge < -0.3 is 10.6 Å². The summed E-state index contributed by atoms with van der Waals surface area (Å²) in [4.78, 5) is 12.2. The first-order valence-electron chi connectivity index (χ1n) is 7.91. The number of nitrogens with one attached hydrogen (secondary N) is 2. The molecule has 7 nitrogen and oxygen atoms in total. The number of carbonyl (C=O) groups excluding carboxylic acids is 1. The molecule has 0 aliphatic heterocycles. The van der Waals surface area contributed by atoms with Crippen LogP contribution < -0.4 is 10.6 Å². The number of tetrazole rings is 1. The largest absolute Gasteiger partial charge is 0.333 e. The Balaban J connectivity index is 2.09. The highest BCUT2D eigenvalue weighted by molar-refractivity contribution is 5.75. The van der Waals surface area contributed by atoms with Gasteiger partial charge in [0, 0.05) is 5.54 Å². The molecular formula is C16H24N6O. The summed E-state index contributed by atoms with van der Waals surface area (Å²) in [7, 11) is 0. The van der Waals surface area contributed by atoms with Gasteiger partial charge in [0.15, 0.2) is 5.82 Å². The number of nitrogens with zero attached hydrogens (tertiary/aromatic N) is 4. The fraction of sp³-hybridized carbons (Fsp3) is 0.500. The number of para-hydroxylation sites is 1. The highest BCUT2D eigenvalue weighted by Gasteiger charge is 2.24. The van der Waals surface area contributed by atoms with E-state index in [2.05, 4.69) is 40.0 Å². The van der Waals surface area contributed by atoms with Crippen LogP contribution in [-0.2, 0) is 0 Å². The monoisotopic (exact) mass is 316 g/mol. The van der Waals surface area contributed by atoms with Gasteiger partial charge in [-0.05, 0) is 49.2 Å². The van der Waals surface area contributed by atoms with E-state index in [4.69, 9.17) is 0 Å². The maximum absolute atomic E-state index is 12.2. The maximum atomic E-state index is 12.2. The second-order valence-corrected chi connectivity index (χ2v) is 5.87. The summed E-state index contributed by atoms with van der Waals surface area (Å²) in [6.45, 7) is 8.01. The fourth-order valence-electron chi connectivity index (χ4n) is 2.22. The molecule has 0 saturated carbocycles. The van der Waals surface area contributed by atoms with Crippen LogP contribution in [0.1, 0.15) is 52.4 Å². The minimum atomic E-state index is -0.317. The van der Waals surface area contributed by atoms with E-state index < -0.39 is 0 Å². The van der Waals surface area contributed by atoms with Crippen LogP contribution in [0.4, 0.5) is 4.79 Å². The average Bonchev–Trinajstić information content (AvgIpc) is 3.05. The number of urea groups is 1. The van der Waals surface area contributed by atoms with Crippen molar-refractivity contribution in [3.8, 4) is 5.69 Å². The van der Waals surface area contributed by atoms with Crippen molar-refractivity contribution in [2.75, 3.05) is 0 Å². The minimum absolute atomic E-state index is 0.213. The second kappa shape index (κ2) is 7.21. The Morgan fingerprint density at radius 3 is 2.52 bits per heavy atom. The first-order valence-corrected chi connectivity index (χ1v) is 7.91. The van der Waals surface area contributed by atoms with E-state index in [1.165, 1.54) is 0 Å². The molecule has 1 aromatic heterocycles. The van der Waals surface area contributed by atoms with Crippen LogP contribution in [0.25, 0.3) is 5.69 Å². The van der Waals surface area contributed by atoms with Crippen LogP contribution in [0.15, 0.2) is 30.3 Å². The summed E-state index contributed by atoms with van der Waals surface area (Å²) in [6, 6.07) is 9.06. The summed E-state index contributed by atoms with van der Waals surface area (Å²) >= 11 is 0. The Hall–Kier alpha value is -2.44. The lowest BCUT2D eigenvalue weighted by molar-refractivity contribution is 0.221. The lowest BCUT2D eigenvalue weighted by Crippen LogP contribution is -2.50. The molecule has 0 unspecified atom stereocenters. The van der Waals surface area contributed by atoms with E-state index in [0.29, 0.717) is 5.82 Å². The topological polar surface area (TPSA) is 84.7 Å². The maximum Gasteiger partial charge on any atom is 0.315 e. The van der Waals surface area contributed by atoms with Crippen LogP contribution >= 0.6 is 0 Å². The fourth-order valence-corrected chi connectivity index (χ4v) is 2.22. The van der Waals surface area contributed by atoms with E-state index in [1.54, 1.807) is 4.68 Å². The first-order chi connectivity index (χ1) is 11.0. The van der Waals surface area contributed by atoms with E-state index in [9.17, 15) is 4.79 Å². The van der Waals surface area contributed by atoms with Crippen molar-refractivity contribution in [3.05, 3.63) is 36.2 Å². The third-order valence-corrected chi connectivity index (χ3v) is 4.21. The molecule has 0 saturated heterocycles. The summed E-state index contributed by atoms with van der Waals surface area (Å²) < 4.78 is 1.63. The van der Waals surface area contributed by atoms with Crippen LogP contribution in [0.3, 0.4) is 0 Å². The standard InChI is InChI=1S/C16H24N6O/c1-5-16(4,6-2)18-15(23)17-12(3)14-19-20-21-22(14)13-10-8-7-9-11-13/h7-12H,5-6H2,1-4H3,(H2,17,18,23)/t12-/m0/s1. The third-order valence-electron chi connectivity index (χ3n) is 4.21. The average molecular weight is 316 g/mol. The summed E-state index contributed by atoms with van der Waals surface area (Å²) in [6.07, 6.45) is 1.74. The summed E-state index contributed by atoms with van der Waals surface area (Å²) in [5.41, 5.74) is 0.642. The predicted octanol–water partition coefficient (Wildman–Crippen LogP) is 2.60. The van der Waals surface area contributed by atoms with Crippen molar-refractivity contribution in [3.63, 3.8) is 0 Å². The Morgan fingerprint density at radius 1 is 1.26 bits per heavy atom. The Bertz CT molecular complexity index is 635. The van der Waals surface area contributed by atoms with Crippen LogP contribution in [0.5, 0.6) is 0 Å². The van der Waals surface area contributed by atoms with Gasteiger partial charge in [-0.1, -0.05) is 32.0 Å². The minimum Gasteiger partial charge on any atom is -0.333 e. The number of benzene rings is 1. The molecule has 0 aliphatic rings. The molecule has 0 bridgehead atoms. The van der Waals surface area contributed by atoms with Crippen molar-refractivity contribution in [1.29, 1.82) is 0 Å². The molecule has 1 aromatic carbocycles. The number of amides is 2. The molecule has 0 spiro atoms. The molecule has 2 amide bonds. The van der Waals surface area contributed by atoms with Gasteiger partial charge in [-0.25, -0.2) is 4.79 Å². The zero-order chi connectivity index (χ0) is 16.9. The van der Waals surface area contributed by atoms with Gasteiger partial charge in [0.25, 0.3) is 0 Å². The second-order valence-electron chi connectivity index (χ2n) is 5.87. The molecule has 2 N–H and O–H groups in total. The number of carbonyl (C=O) groups is 1. The smallest absolute Gasteiger partial charge is 0.315 e. The number of hydrogen-bond donors (Lipinski definition) is 2. The van der Waals surface area contributed by atoms with E-state index >= 15 is 0 Å². The van der Waals surface area contributed by atoms with Gasteiger partial charge in [-0.2, -0.15) is 4.68 Å². The normalized spacial score (nSPS) is 12.7. The third kappa shape index (κ3) is 4.06. The molecule has 1 atom stereocenters. The number of rotatable bonds is 6. The number of hydrogen-bond acceptors (Lipinski definition) is 4. The highest BCUT2D eigenvalue weighted by Crippen LogP contribution is 2.15. The van der Waals surface area contributed by atoms with E-state index in [-0.39, 0.29) is 17.6 Å². The van der Waals surface area contributed by atoms with Crippen LogP contribution in [0.2, 0.25) is 0 Å². The van der Waals surface area contributed by atoms with Gasteiger partial charge in [0.05, 0.1) is 11.7 Å². The van der Waals surface area contributed by atoms with Gasteiger partial charge in [-0.3, -0.25) is 0 Å². The quantitative estimate of drug-likeness (QED) is 0.858. The van der Waals surface area contributed by atoms with Gasteiger partial charge in [-0.15, -0.1) is 5.10 Å². The molecule has 0 fully saturated rings. The summed E-state index contributed by atoms with van der Waals surface area (Å²) in [5, 5.41) is 17.7. The van der Waals surface area contributed by atoms with Gasteiger partial charge >= 0.3 is 6.03 Å².